The number of nitrogens with zero attached hydrogens (tertiary/aromatic N) is 2. The maximum atomic E-state index is 10.7. The molecule has 1 aromatic heterocycles. The molecular formula is C12H16N4O. The van der Waals surface area contributed by atoms with Crippen LogP contribution in [-0.2, 0) is 0 Å². The fourth-order valence-corrected chi connectivity index (χ4v) is 2.16. The van der Waals surface area contributed by atoms with Crippen molar-refractivity contribution in [3.8, 4) is 0 Å². The molecule has 5 nitrogen and oxygen atoms in total. The number of aromatic nitrogens is 1. The smallest absolute Gasteiger partial charge is 0.332 e. The Kier molecular flexibility index (Phi) is 3.69. The first-order valence-electron chi connectivity index (χ1n) is 5.80. The van der Waals surface area contributed by atoms with E-state index in [1.165, 1.54) is 0 Å². The van der Waals surface area contributed by atoms with Crippen LogP contribution in [-0.4, -0.2) is 16.7 Å². The molecule has 0 spiro atoms. The van der Waals surface area contributed by atoms with Gasteiger partial charge in [-0.05, 0) is 31.4 Å². The van der Waals surface area contributed by atoms with Crippen LogP contribution in [0.4, 0.5) is 4.79 Å². The van der Waals surface area contributed by atoms with E-state index in [1.807, 2.05) is 18.2 Å². The minimum Gasteiger partial charge on any atom is -0.350 e. The summed E-state index contributed by atoms with van der Waals surface area (Å²) < 4.78 is 0. The molecule has 0 radical (unpaired) electrons. The second kappa shape index (κ2) is 5.43. The van der Waals surface area contributed by atoms with Gasteiger partial charge in [0.1, 0.15) is 0 Å². The largest absolute Gasteiger partial charge is 0.350 e. The second-order valence-corrected chi connectivity index (χ2v) is 4.13. The van der Waals surface area contributed by atoms with Crippen molar-refractivity contribution in [1.82, 2.24) is 10.4 Å². The van der Waals surface area contributed by atoms with E-state index in [-0.39, 0.29) is 5.92 Å². The zero-order valence-electron chi connectivity index (χ0n) is 9.60. The third-order valence-corrected chi connectivity index (χ3v) is 2.93. The normalized spacial score (nSPS) is 22.4. The number of carbonyl (C=O) groups excluding carboxylic acids is 1. The molecular weight excluding hydrogens is 216 g/mol. The number of pyridine rings is 1. The van der Waals surface area contributed by atoms with Crippen LogP contribution in [0.5, 0.6) is 0 Å². The lowest BCUT2D eigenvalue weighted by atomic mass is 9.85. The zero-order valence-corrected chi connectivity index (χ0v) is 9.60. The molecule has 1 aromatic rings. The van der Waals surface area contributed by atoms with Gasteiger partial charge in [-0.1, -0.05) is 12.5 Å². The standard InChI is InChI=1S/C12H16N4O/c13-12(17)16-15-11-7-2-1-5-9(11)10-6-3-4-8-14-10/h3-4,6,8-9H,1-2,5,7H2,(H3,13,16,17)/b15-11+. The molecule has 1 aliphatic carbocycles. The number of primary amides is 1. The predicted molar refractivity (Wildman–Crippen MR) is 65.6 cm³/mol. The fraction of sp³-hybridized carbons (Fsp3) is 0.417. The maximum Gasteiger partial charge on any atom is 0.332 e. The van der Waals surface area contributed by atoms with Gasteiger partial charge in [-0.15, -0.1) is 0 Å². The number of hydrogen-bond donors (Lipinski definition) is 2. The Labute approximate surface area is 100 Å². The number of rotatable bonds is 2. The lowest BCUT2D eigenvalue weighted by Gasteiger charge is -2.23. The number of nitrogens with two attached hydrogens (primary N) is 1. The molecule has 0 saturated heterocycles. The summed E-state index contributed by atoms with van der Waals surface area (Å²) in [5.41, 5.74) is 9.31. The van der Waals surface area contributed by atoms with E-state index in [0.29, 0.717) is 0 Å². The molecule has 1 aliphatic rings. The molecule has 0 aromatic carbocycles. The van der Waals surface area contributed by atoms with Crippen molar-refractivity contribution in [2.75, 3.05) is 0 Å². The van der Waals surface area contributed by atoms with Crippen LogP contribution in [0.2, 0.25) is 0 Å². The molecule has 1 heterocycles. The first-order valence-corrected chi connectivity index (χ1v) is 5.80. The summed E-state index contributed by atoms with van der Waals surface area (Å²) in [6.07, 6.45) is 5.96. The number of nitrogens with one attached hydrogen (secondary N) is 1. The van der Waals surface area contributed by atoms with Crippen LogP contribution in [0, 0.1) is 0 Å². The van der Waals surface area contributed by atoms with Crippen LogP contribution < -0.4 is 11.2 Å². The van der Waals surface area contributed by atoms with Crippen LogP contribution in [0.3, 0.4) is 0 Å². The van der Waals surface area contributed by atoms with Crippen LogP contribution >= 0.6 is 0 Å². The summed E-state index contributed by atoms with van der Waals surface area (Å²) in [5, 5.41) is 4.09. The zero-order chi connectivity index (χ0) is 12.1. The van der Waals surface area contributed by atoms with Gasteiger partial charge in [-0.3, -0.25) is 4.98 Å². The van der Waals surface area contributed by atoms with Crippen LogP contribution in [0.25, 0.3) is 0 Å². The molecule has 3 N–H and O–H groups in total. The Hall–Kier alpha value is -1.91. The summed E-state index contributed by atoms with van der Waals surface area (Å²) in [4.78, 5) is 15.0. The molecule has 1 atom stereocenters. The minimum atomic E-state index is -0.622. The Balaban J connectivity index is 2.18. The molecule has 1 unspecified atom stereocenters. The van der Waals surface area contributed by atoms with Crippen molar-refractivity contribution in [3.63, 3.8) is 0 Å². The Morgan fingerprint density at radius 1 is 1.47 bits per heavy atom. The molecule has 90 valence electrons. The van der Waals surface area contributed by atoms with Crippen LogP contribution in [0.15, 0.2) is 29.5 Å². The van der Waals surface area contributed by atoms with Gasteiger partial charge in [0, 0.05) is 23.5 Å². The van der Waals surface area contributed by atoms with Crippen molar-refractivity contribution < 1.29 is 4.79 Å². The van der Waals surface area contributed by atoms with E-state index in [4.69, 9.17) is 5.73 Å². The van der Waals surface area contributed by atoms with E-state index < -0.39 is 6.03 Å². The maximum absolute atomic E-state index is 10.7. The highest BCUT2D eigenvalue weighted by Crippen LogP contribution is 2.29. The van der Waals surface area contributed by atoms with E-state index in [2.05, 4.69) is 15.5 Å². The SMILES string of the molecule is NC(=O)N/N=C1\CCCCC1c1ccccn1. The Morgan fingerprint density at radius 3 is 3.06 bits per heavy atom. The van der Waals surface area contributed by atoms with Crippen molar-refractivity contribution in [2.45, 2.75) is 31.6 Å². The minimum absolute atomic E-state index is 0.205. The summed E-state index contributed by atoms with van der Waals surface area (Å²) in [6, 6.07) is 5.24. The van der Waals surface area contributed by atoms with Gasteiger partial charge < -0.3 is 5.73 Å². The molecule has 5 heteroatoms. The van der Waals surface area contributed by atoms with Crippen molar-refractivity contribution >= 4 is 11.7 Å². The summed E-state index contributed by atoms with van der Waals surface area (Å²) >= 11 is 0. The van der Waals surface area contributed by atoms with Gasteiger partial charge in [0.05, 0.1) is 0 Å². The van der Waals surface area contributed by atoms with Gasteiger partial charge in [0.2, 0.25) is 0 Å². The average molecular weight is 232 g/mol. The average Bonchev–Trinajstić information content (AvgIpc) is 2.38. The lowest BCUT2D eigenvalue weighted by Crippen LogP contribution is -2.28. The number of hydrogen-bond acceptors (Lipinski definition) is 3. The Morgan fingerprint density at radius 2 is 2.35 bits per heavy atom. The highest BCUT2D eigenvalue weighted by molar-refractivity contribution is 5.92. The van der Waals surface area contributed by atoms with Crippen molar-refractivity contribution in [1.29, 1.82) is 0 Å². The molecule has 1 fully saturated rings. The number of amides is 2. The quantitative estimate of drug-likeness (QED) is 0.762. The highest BCUT2D eigenvalue weighted by atomic mass is 16.2. The highest BCUT2D eigenvalue weighted by Gasteiger charge is 2.23. The summed E-state index contributed by atoms with van der Waals surface area (Å²) in [5.74, 6) is 0.205. The van der Waals surface area contributed by atoms with Crippen LogP contribution in [0.1, 0.15) is 37.3 Å². The first-order chi connectivity index (χ1) is 8.27. The summed E-state index contributed by atoms with van der Waals surface area (Å²) in [7, 11) is 0. The predicted octanol–water partition coefficient (Wildman–Crippen LogP) is 1.76. The number of carbonyl (C=O) groups is 1. The van der Waals surface area contributed by atoms with E-state index in [0.717, 1.165) is 37.1 Å². The van der Waals surface area contributed by atoms with Crippen molar-refractivity contribution in [2.24, 2.45) is 10.8 Å². The Bertz CT molecular complexity index is 416. The number of urea groups is 1. The van der Waals surface area contributed by atoms with E-state index >= 15 is 0 Å². The molecule has 2 rings (SSSR count). The molecule has 0 bridgehead atoms. The van der Waals surface area contributed by atoms with Gasteiger partial charge in [0.15, 0.2) is 0 Å². The third kappa shape index (κ3) is 3.03. The molecule has 17 heavy (non-hydrogen) atoms. The summed E-state index contributed by atoms with van der Waals surface area (Å²) in [6.45, 7) is 0. The first kappa shape index (κ1) is 11.6. The van der Waals surface area contributed by atoms with Gasteiger partial charge in [0.25, 0.3) is 0 Å². The second-order valence-electron chi connectivity index (χ2n) is 4.13. The van der Waals surface area contributed by atoms with E-state index in [9.17, 15) is 4.79 Å². The topological polar surface area (TPSA) is 80.4 Å². The number of hydrazone groups is 1. The van der Waals surface area contributed by atoms with E-state index in [1.54, 1.807) is 6.20 Å². The van der Waals surface area contributed by atoms with Crippen molar-refractivity contribution in [3.05, 3.63) is 30.1 Å². The monoisotopic (exact) mass is 232 g/mol. The van der Waals surface area contributed by atoms with Gasteiger partial charge in [-0.2, -0.15) is 5.10 Å². The lowest BCUT2D eigenvalue weighted by molar-refractivity contribution is 0.249. The van der Waals surface area contributed by atoms with Gasteiger partial charge in [-0.25, -0.2) is 10.2 Å². The fourth-order valence-electron chi connectivity index (χ4n) is 2.16. The molecule has 2 amide bonds. The molecule has 0 aliphatic heterocycles. The van der Waals surface area contributed by atoms with Gasteiger partial charge >= 0.3 is 6.03 Å². The molecule has 1 saturated carbocycles. The third-order valence-electron chi connectivity index (χ3n) is 2.93.